The first-order valence-corrected chi connectivity index (χ1v) is 7.46. The van der Waals surface area contributed by atoms with Gasteiger partial charge >= 0.3 is 0 Å². The zero-order valence-corrected chi connectivity index (χ0v) is 13.1. The van der Waals surface area contributed by atoms with Crippen molar-refractivity contribution in [1.29, 1.82) is 5.26 Å². The van der Waals surface area contributed by atoms with Crippen LogP contribution in [0.4, 0.5) is 0 Å². The van der Waals surface area contributed by atoms with Crippen molar-refractivity contribution < 1.29 is 9.53 Å². The second kappa shape index (κ2) is 6.09. The quantitative estimate of drug-likeness (QED) is 0.873. The van der Waals surface area contributed by atoms with Crippen LogP contribution in [0.5, 0.6) is 5.88 Å². The Morgan fingerprint density at radius 3 is 2.65 bits per heavy atom. The van der Waals surface area contributed by atoms with Crippen molar-refractivity contribution in [3.8, 4) is 11.9 Å². The molecule has 23 heavy (non-hydrogen) atoms. The average molecular weight is 307 g/mol. The summed E-state index contributed by atoms with van der Waals surface area (Å²) < 4.78 is 5.69. The number of rotatable bonds is 3. The molecule has 0 saturated carbocycles. The molecule has 0 bridgehead atoms. The van der Waals surface area contributed by atoms with Crippen molar-refractivity contribution in [2.75, 3.05) is 13.1 Å². The van der Waals surface area contributed by atoms with Crippen LogP contribution in [0.15, 0.2) is 36.5 Å². The number of nitrogens with zero attached hydrogens (tertiary/aromatic N) is 3. The van der Waals surface area contributed by atoms with Crippen LogP contribution < -0.4 is 4.74 Å². The number of carbonyl (C=O) groups excluding carboxylic acids is 1. The van der Waals surface area contributed by atoms with Gasteiger partial charge in [-0.2, -0.15) is 5.26 Å². The zero-order valence-electron chi connectivity index (χ0n) is 13.1. The number of aromatic nitrogens is 1. The molecule has 1 saturated heterocycles. The Hall–Kier alpha value is -2.87. The maximum Gasteiger partial charge on any atom is 0.254 e. The van der Waals surface area contributed by atoms with Gasteiger partial charge in [0.25, 0.3) is 5.91 Å². The summed E-state index contributed by atoms with van der Waals surface area (Å²) in [7, 11) is 0. The molecule has 1 aliphatic heterocycles. The summed E-state index contributed by atoms with van der Waals surface area (Å²) in [5.41, 5.74) is 3.50. The zero-order chi connectivity index (χ0) is 16.4. The van der Waals surface area contributed by atoms with Gasteiger partial charge in [0.2, 0.25) is 5.88 Å². The van der Waals surface area contributed by atoms with Gasteiger partial charge in [-0.05, 0) is 43.2 Å². The molecule has 1 fully saturated rings. The Morgan fingerprint density at radius 2 is 2.04 bits per heavy atom. The Balaban J connectivity index is 1.56. The van der Waals surface area contributed by atoms with Gasteiger partial charge in [0.05, 0.1) is 18.7 Å². The van der Waals surface area contributed by atoms with Crippen LogP contribution in [0.25, 0.3) is 0 Å². The van der Waals surface area contributed by atoms with Gasteiger partial charge in [-0.1, -0.05) is 6.07 Å². The normalized spacial score (nSPS) is 14.0. The van der Waals surface area contributed by atoms with Crippen LogP contribution in [0, 0.1) is 25.2 Å². The fraction of sp³-hybridized carbons (Fsp3) is 0.278. The maximum absolute atomic E-state index is 12.4. The van der Waals surface area contributed by atoms with E-state index in [0.717, 1.165) is 5.56 Å². The van der Waals surface area contributed by atoms with E-state index in [0.29, 0.717) is 30.1 Å². The Bertz CT molecular complexity index is 772. The molecular formula is C18H17N3O2. The van der Waals surface area contributed by atoms with E-state index in [4.69, 9.17) is 10.00 Å². The number of carbonyl (C=O) groups is 1. The lowest BCUT2D eigenvalue weighted by molar-refractivity contribution is 0.0160. The van der Waals surface area contributed by atoms with E-state index in [2.05, 4.69) is 4.98 Å². The molecular weight excluding hydrogens is 290 g/mol. The molecule has 1 amide bonds. The number of pyridine rings is 1. The highest BCUT2D eigenvalue weighted by molar-refractivity contribution is 5.95. The van der Waals surface area contributed by atoms with Gasteiger partial charge in [-0.15, -0.1) is 0 Å². The Labute approximate surface area is 135 Å². The summed E-state index contributed by atoms with van der Waals surface area (Å²) in [5, 5.41) is 8.73. The number of hydrogen-bond donors (Lipinski definition) is 0. The number of hydrogen-bond acceptors (Lipinski definition) is 4. The minimum atomic E-state index is -0.0501. The summed E-state index contributed by atoms with van der Waals surface area (Å²) in [4.78, 5) is 18.2. The minimum absolute atomic E-state index is 0.0285. The number of ether oxygens (including phenoxy) is 1. The molecule has 0 N–H and O–H groups in total. The van der Waals surface area contributed by atoms with Crippen molar-refractivity contribution in [3.05, 3.63) is 58.8 Å². The second-order valence-electron chi connectivity index (χ2n) is 5.75. The number of amides is 1. The first-order chi connectivity index (χ1) is 11.1. The topological polar surface area (TPSA) is 66.2 Å². The first-order valence-electron chi connectivity index (χ1n) is 7.46. The standard InChI is InChI=1S/C18H17N3O2/c1-12-3-5-15(7-13(12)2)18(22)21-10-16(11-21)23-17-6-4-14(8-19)9-20-17/h3-7,9,16H,10-11H2,1-2H3. The van der Waals surface area contributed by atoms with Gasteiger partial charge in [0, 0.05) is 17.8 Å². The summed E-state index contributed by atoms with van der Waals surface area (Å²) in [6, 6.07) is 11.1. The predicted molar refractivity (Wildman–Crippen MR) is 85.2 cm³/mol. The van der Waals surface area contributed by atoms with Crippen molar-refractivity contribution in [3.63, 3.8) is 0 Å². The van der Waals surface area contributed by atoms with Crippen molar-refractivity contribution >= 4 is 5.91 Å². The molecule has 0 spiro atoms. The van der Waals surface area contributed by atoms with E-state index in [1.54, 1.807) is 17.0 Å². The fourth-order valence-corrected chi connectivity index (χ4v) is 2.42. The summed E-state index contributed by atoms with van der Waals surface area (Å²) in [5.74, 6) is 0.507. The molecule has 1 aromatic carbocycles. The van der Waals surface area contributed by atoms with Crippen LogP contribution in [0.2, 0.25) is 0 Å². The van der Waals surface area contributed by atoms with Crippen LogP contribution in [0.1, 0.15) is 27.0 Å². The molecule has 3 rings (SSSR count). The summed E-state index contributed by atoms with van der Waals surface area (Å²) in [6.07, 6.45) is 1.43. The lowest BCUT2D eigenvalue weighted by atomic mass is 10.0. The monoisotopic (exact) mass is 307 g/mol. The van der Waals surface area contributed by atoms with E-state index in [1.807, 2.05) is 38.1 Å². The van der Waals surface area contributed by atoms with Gasteiger partial charge in [-0.3, -0.25) is 4.79 Å². The highest BCUT2D eigenvalue weighted by Crippen LogP contribution is 2.20. The molecule has 1 aromatic heterocycles. The van der Waals surface area contributed by atoms with Crippen LogP contribution in [-0.2, 0) is 0 Å². The fourth-order valence-electron chi connectivity index (χ4n) is 2.42. The maximum atomic E-state index is 12.4. The van der Waals surface area contributed by atoms with Gasteiger partial charge < -0.3 is 9.64 Å². The third-order valence-corrected chi connectivity index (χ3v) is 4.04. The van der Waals surface area contributed by atoms with Gasteiger partial charge in [0.15, 0.2) is 0 Å². The Kier molecular flexibility index (Phi) is 3.98. The van der Waals surface area contributed by atoms with Crippen LogP contribution in [-0.4, -0.2) is 35.0 Å². The number of aryl methyl sites for hydroxylation is 2. The van der Waals surface area contributed by atoms with E-state index in [1.165, 1.54) is 11.8 Å². The Morgan fingerprint density at radius 1 is 1.26 bits per heavy atom. The number of nitriles is 1. The molecule has 0 atom stereocenters. The van der Waals surface area contributed by atoms with E-state index in [9.17, 15) is 4.79 Å². The van der Waals surface area contributed by atoms with E-state index in [-0.39, 0.29) is 12.0 Å². The van der Waals surface area contributed by atoms with Crippen LogP contribution in [0.3, 0.4) is 0 Å². The van der Waals surface area contributed by atoms with Crippen LogP contribution >= 0.6 is 0 Å². The van der Waals surface area contributed by atoms with E-state index >= 15 is 0 Å². The number of likely N-dealkylation sites (tertiary alicyclic amines) is 1. The second-order valence-corrected chi connectivity index (χ2v) is 5.75. The predicted octanol–water partition coefficient (Wildman–Crippen LogP) is 2.47. The van der Waals surface area contributed by atoms with E-state index < -0.39 is 0 Å². The van der Waals surface area contributed by atoms with Crippen molar-refractivity contribution in [2.24, 2.45) is 0 Å². The molecule has 2 aromatic rings. The lowest BCUT2D eigenvalue weighted by Gasteiger charge is -2.38. The first kappa shape index (κ1) is 15.0. The highest BCUT2D eigenvalue weighted by atomic mass is 16.5. The molecule has 1 aliphatic rings. The lowest BCUT2D eigenvalue weighted by Crippen LogP contribution is -2.56. The third kappa shape index (κ3) is 3.16. The molecule has 5 nitrogen and oxygen atoms in total. The molecule has 0 radical (unpaired) electrons. The molecule has 116 valence electrons. The SMILES string of the molecule is Cc1ccc(C(=O)N2CC(Oc3ccc(C#N)cn3)C2)cc1C. The smallest absolute Gasteiger partial charge is 0.254 e. The summed E-state index contributed by atoms with van der Waals surface area (Å²) >= 11 is 0. The van der Waals surface area contributed by atoms with Crippen molar-refractivity contribution in [2.45, 2.75) is 20.0 Å². The van der Waals surface area contributed by atoms with Gasteiger partial charge in [-0.25, -0.2) is 4.98 Å². The van der Waals surface area contributed by atoms with Gasteiger partial charge in [0.1, 0.15) is 12.2 Å². The largest absolute Gasteiger partial charge is 0.471 e. The highest BCUT2D eigenvalue weighted by Gasteiger charge is 2.33. The van der Waals surface area contributed by atoms with Crippen molar-refractivity contribution in [1.82, 2.24) is 9.88 Å². The molecule has 5 heteroatoms. The summed E-state index contributed by atoms with van der Waals surface area (Å²) in [6.45, 7) is 5.13. The third-order valence-electron chi connectivity index (χ3n) is 4.04. The number of benzene rings is 1. The minimum Gasteiger partial charge on any atom is -0.471 e. The molecule has 0 unspecified atom stereocenters. The molecule has 2 heterocycles. The average Bonchev–Trinajstić information content (AvgIpc) is 2.53. The molecule has 0 aliphatic carbocycles.